The topological polar surface area (TPSA) is 89.9 Å². The maximum Gasteiger partial charge on any atom is 0.433 e. The van der Waals surface area contributed by atoms with Gasteiger partial charge in [0.25, 0.3) is 0 Å². The SMILES string of the molecule is Cc1nc(CNc2cc(C(F)(F)F)ncc2N)no1. The molecular formula is C10H10F3N5O. The third-order valence-corrected chi connectivity index (χ3v) is 2.23. The monoisotopic (exact) mass is 273 g/mol. The third kappa shape index (κ3) is 3.12. The predicted molar refractivity (Wildman–Crippen MR) is 60.0 cm³/mol. The number of halogens is 3. The van der Waals surface area contributed by atoms with Gasteiger partial charge < -0.3 is 15.6 Å². The van der Waals surface area contributed by atoms with Gasteiger partial charge in [-0.25, -0.2) is 4.98 Å². The number of aromatic nitrogens is 3. The number of nitrogens with zero attached hydrogens (tertiary/aromatic N) is 3. The second-order valence-corrected chi connectivity index (χ2v) is 3.74. The Morgan fingerprint density at radius 2 is 2.16 bits per heavy atom. The van der Waals surface area contributed by atoms with E-state index in [4.69, 9.17) is 10.3 Å². The Balaban J connectivity index is 2.15. The van der Waals surface area contributed by atoms with Crippen LogP contribution in [0.4, 0.5) is 24.5 Å². The van der Waals surface area contributed by atoms with Crippen LogP contribution in [0.5, 0.6) is 0 Å². The number of alkyl halides is 3. The van der Waals surface area contributed by atoms with E-state index in [1.54, 1.807) is 6.92 Å². The fourth-order valence-corrected chi connectivity index (χ4v) is 1.36. The first-order valence-electron chi connectivity index (χ1n) is 5.22. The molecule has 2 rings (SSSR count). The zero-order valence-electron chi connectivity index (χ0n) is 9.82. The first kappa shape index (κ1) is 13.1. The van der Waals surface area contributed by atoms with Crippen molar-refractivity contribution < 1.29 is 17.7 Å². The van der Waals surface area contributed by atoms with Crippen LogP contribution in [0.1, 0.15) is 17.4 Å². The molecule has 0 aliphatic rings. The molecule has 102 valence electrons. The van der Waals surface area contributed by atoms with E-state index in [0.29, 0.717) is 11.7 Å². The number of hydrogen-bond donors (Lipinski definition) is 2. The van der Waals surface area contributed by atoms with Gasteiger partial charge in [0.2, 0.25) is 5.89 Å². The predicted octanol–water partition coefficient (Wildman–Crippen LogP) is 1.99. The lowest BCUT2D eigenvalue weighted by Gasteiger charge is -2.11. The number of pyridine rings is 1. The van der Waals surface area contributed by atoms with Crippen LogP contribution in [-0.2, 0) is 12.7 Å². The van der Waals surface area contributed by atoms with Gasteiger partial charge in [0, 0.05) is 6.92 Å². The number of hydrogen-bond acceptors (Lipinski definition) is 6. The molecule has 2 aromatic heterocycles. The molecule has 6 nitrogen and oxygen atoms in total. The van der Waals surface area contributed by atoms with Crippen molar-refractivity contribution in [3.8, 4) is 0 Å². The van der Waals surface area contributed by atoms with E-state index >= 15 is 0 Å². The van der Waals surface area contributed by atoms with Gasteiger partial charge in [0.05, 0.1) is 24.1 Å². The van der Waals surface area contributed by atoms with Crippen LogP contribution in [0.25, 0.3) is 0 Å². The molecule has 0 aliphatic carbocycles. The number of nitrogen functional groups attached to an aromatic ring is 1. The van der Waals surface area contributed by atoms with Crippen LogP contribution in [0.2, 0.25) is 0 Å². The summed E-state index contributed by atoms with van der Waals surface area (Å²) < 4.78 is 42.2. The number of nitrogens with two attached hydrogens (primary N) is 1. The molecule has 19 heavy (non-hydrogen) atoms. The van der Waals surface area contributed by atoms with Crippen molar-refractivity contribution in [2.75, 3.05) is 11.1 Å². The Bertz CT molecular complexity index is 581. The first-order valence-corrected chi connectivity index (χ1v) is 5.22. The Labute approximate surface area is 105 Å². The smallest absolute Gasteiger partial charge is 0.396 e. The molecule has 0 radical (unpaired) electrons. The summed E-state index contributed by atoms with van der Waals surface area (Å²) in [4.78, 5) is 7.14. The summed E-state index contributed by atoms with van der Waals surface area (Å²) in [5.74, 6) is 0.692. The lowest BCUT2D eigenvalue weighted by Crippen LogP contribution is -2.11. The summed E-state index contributed by atoms with van der Waals surface area (Å²) in [5.41, 5.74) is 4.75. The van der Waals surface area contributed by atoms with Gasteiger partial charge in [-0.15, -0.1) is 0 Å². The highest BCUT2D eigenvalue weighted by molar-refractivity contribution is 5.65. The molecule has 9 heteroatoms. The zero-order chi connectivity index (χ0) is 14.0. The van der Waals surface area contributed by atoms with Crippen LogP contribution >= 0.6 is 0 Å². The first-order chi connectivity index (χ1) is 8.86. The molecule has 0 atom stereocenters. The molecule has 2 aromatic rings. The molecule has 2 heterocycles. The number of aryl methyl sites for hydroxylation is 1. The summed E-state index contributed by atoms with van der Waals surface area (Å²) in [6.07, 6.45) is -3.57. The van der Waals surface area contributed by atoms with E-state index in [1.165, 1.54) is 0 Å². The second-order valence-electron chi connectivity index (χ2n) is 3.74. The number of rotatable bonds is 3. The van der Waals surface area contributed by atoms with Gasteiger partial charge in [-0.1, -0.05) is 5.16 Å². The number of nitrogens with one attached hydrogen (secondary N) is 1. The van der Waals surface area contributed by atoms with Gasteiger partial charge in [-0.3, -0.25) is 0 Å². The highest BCUT2D eigenvalue weighted by atomic mass is 19.4. The second kappa shape index (κ2) is 4.75. The lowest BCUT2D eigenvalue weighted by atomic mass is 10.2. The minimum Gasteiger partial charge on any atom is -0.396 e. The summed E-state index contributed by atoms with van der Waals surface area (Å²) in [5, 5.41) is 6.31. The molecule has 0 saturated carbocycles. The summed E-state index contributed by atoms with van der Waals surface area (Å²) in [6.45, 7) is 1.71. The molecule has 0 bridgehead atoms. The molecule has 0 fully saturated rings. The summed E-state index contributed by atoms with van der Waals surface area (Å²) in [6, 6.07) is 0.836. The number of anilines is 2. The Kier molecular flexibility index (Phi) is 3.28. The Morgan fingerprint density at radius 1 is 1.42 bits per heavy atom. The van der Waals surface area contributed by atoms with E-state index in [2.05, 4.69) is 20.4 Å². The van der Waals surface area contributed by atoms with Gasteiger partial charge in [0.15, 0.2) is 5.82 Å². The minimum absolute atomic E-state index is 0.100. The summed E-state index contributed by atoms with van der Waals surface area (Å²) in [7, 11) is 0. The van der Waals surface area contributed by atoms with E-state index in [0.717, 1.165) is 12.3 Å². The average molecular weight is 273 g/mol. The van der Waals surface area contributed by atoms with Crippen molar-refractivity contribution in [1.29, 1.82) is 0 Å². The lowest BCUT2D eigenvalue weighted by molar-refractivity contribution is -0.141. The fourth-order valence-electron chi connectivity index (χ4n) is 1.36. The maximum absolute atomic E-state index is 12.5. The van der Waals surface area contributed by atoms with Crippen LogP contribution in [0, 0.1) is 6.92 Å². The average Bonchev–Trinajstić information content (AvgIpc) is 2.72. The van der Waals surface area contributed by atoms with Crippen LogP contribution in [-0.4, -0.2) is 15.1 Å². The zero-order valence-corrected chi connectivity index (χ0v) is 9.82. The molecule has 0 aromatic carbocycles. The largest absolute Gasteiger partial charge is 0.433 e. The van der Waals surface area contributed by atoms with E-state index in [9.17, 15) is 13.2 Å². The Hall–Kier alpha value is -2.32. The van der Waals surface area contributed by atoms with E-state index in [-0.39, 0.29) is 17.9 Å². The van der Waals surface area contributed by atoms with E-state index in [1.807, 2.05) is 0 Å². The van der Waals surface area contributed by atoms with Crippen molar-refractivity contribution in [2.24, 2.45) is 0 Å². The fraction of sp³-hybridized carbons (Fsp3) is 0.300. The molecule has 0 aliphatic heterocycles. The van der Waals surface area contributed by atoms with Crippen molar-refractivity contribution in [2.45, 2.75) is 19.6 Å². The quantitative estimate of drug-likeness (QED) is 0.888. The molecule has 0 amide bonds. The van der Waals surface area contributed by atoms with Gasteiger partial charge in [-0.05, 0) is 6.07 Å². The highest BCUT2D eigenvalue weighted by Gasteiger charge is 2.32. The van der Waals surface area contributed by atoms with Crippen LogP contribution < -0.4 is 11.1 Å². The molecular weight excluding hydrogens is 263 g/mol. The minimum atomic E-state index is -4.52. The van der Waals surface area contributed by atoms with E-state index < -0.39 is 11.9 Å². The third-order valence-electron chi connectivity index (χ3n) is 2.23. The normalized spacial score (nSPS) is 11.6. The molecule has 0 spiro atoms. The standard InChI is InChI=1S/C10H10F3N5O/c1-5-17-9(18-19-5)4-15-7-2-8(10(11,12)13)16-3-6(7)14/h2-3H,4,14H2,1H3,(H,15,16). The highest BCUT2D eigenvalue weighted by Crippen LogP contribution is 2.31. The summed E-state index contributed by atoms with van der Waals surface area (Å²) >= 11 is 0. The molecule has 3 N–H and O–H groups in total. The van der Waals surface area contributed by atoms with Gasteiger partial charge in [0.1, 0.15) is 5.69 Å². The van der Waals surface area contributed by atoms with Crippen molar-refractivity contribution in [3.05, 3.63) is 29.7 Å². The van der Waals surface area contributed by atoms with Gasteiger partial charge >= 0.3 is 6.18 Å². The van der Waals surface area contributed by atoms with Crippen LogP contribution in [0.3, 0.4) is 0 Å². The van der Waals surface area contributed by atoms with Crippen molar-refractivity contribution in [3.63, 3.8) is 0 Å². The molecule has 0 unspecified atom stereocenters. The van der Waals surface area contributed by atoms with Crippen molar-refractivity contribution in [1.82, 2.24) is 15.1 Å². The Morgan fingerprint density at radius 3 is 2.74 bits per heavy atom. The van der Waals surface area contributed by atoms with Gasteiger partial charge in [-0.2, -0.15) is 18.2 Å². The maximum atomic E-state index is 12.5. The molecule has 0 saturated heterocycles. The van der Waals surface area contributed by atoms with Crippen LogP contribution in [0.15, 0.2) is 16.8 Å². The van der Waals surface area contributed by atoms with Crippen molar-refractivity contribution >= 4 is 11.4 Å².